The highest BCUT2D eigenvalue weighted by molar-refractivity contribution is 7.89. The smallest absolute Gasteiger partial charge is 0.160 e. The molecule has 3 aliphatic rings. The van der Waals surface area contributed by atoms with E-state index in [0.29, 0.717) is 22.6 Å². The first-order valence-electron chi connectivity index (χ1n) is 12.8. The third-order valence-electron chi connectivity index (χ3n) is 8.09. The Balaban J connectivity index is 1.11. The van der Waals surface area contributed by atoms with E-state index < -0.39 is 9.84 Å². The SMILES string of the molecule is CC1(N2CCC3(CCc4cc(-c5ncc(CS(=O)(=O)Cc6ccccn6)cn5)ccc4O3)CC2)CC1. The first kappa shape index (κ1) is 23.6. The van der Waals surface area contributed by atoms with Gasteiger partial charge in [0.15, 0.2) is 15.7 Å². The zero-order valence-electron chi connectivity index (χ0n) is 20.7. The fourth-order valence-corrected chi connectivity index (χ4v) is 6.94. The van der Waals surface area contributed by atoms with E-state index in [1.807, 2.05) is 6.07 Å². The van der Waals surface area contributed by atoms with Gasteiger partial charge in [-0.2, -0.15) is 0 Å². The molecular weight excluding hydrogens is 472 g/mol. The molecule has 1 spiro atoms. The summed E-state index contributed by atoms with van der Waals surface area (Å²) in [5.41, 5.74) is 3.64. The summed E-state index contributed by atoms with van der Waals surface area (Å²) >= 11 is 0. The molecule has 4 heterocycles. The summed E-state index contributed by atoms with van der Waals surface area (Å²) in [4.78, 5) is 15.7. The number of aromatic nitrogens is 3. The second-order valence-electron chi connectivity index (χ2n) is 10.9. The van der Waals surface area contributed by atoms with E-state index in [1.54, 1.807) is 36.8 Å². The van der Waals surface area contributed by atoms with Gasteiger partial charge >= 0.3 is 0 Å². The lowest BCUT2D eigenvalue weighted by atomic mass is 9.82. The van der Waals surface area contributed by atoms with Crippen LogP contribution in [-0.2, 0) is 27.8 Å². The van der Waals surface area contributed by atoms with Gasteiger partial charge in [-0.1, -0.05) is 6.07 Å². The monoisotopic (exact) mass is 504 g/mol. The van der Waals surface area contributed by atoms with Gasteiger partial charge in [0.1, 0.15) is 11.4 Å². The van der Waals surface area contributed by atoms with Crippen molar-refractivity contribution in [2.24, 2.45) is 0 Å². The Morgan fingerprint density at radius 3 is 2.42 bits per heavy atom. The predicted molar refractivity (Wildman–Crippen MR) is 138 cm³/mol. The highest BCUT2D eigenvalue weighted by atomic mass is 32.2. The number of benzene rings is 1. The van der Waals surface area contributed by atoms with Gasteiger partial charge in [0, 0.05) is 48.3 Å². The van der Waals surface area contributed by atoms with Crippen LogP contribution in [0.25, 0.3) is 11.4 Å². The van der Waals surface area contributed by atoms with Gasteiger partial charge in [0.05, 0.1) is 17.2 Å². The van der Waals surface area contributed by atoms with Crippen LogP contribution < -0.4 is 4.74 Å². The summed E-state index contributed by atoms with van der Waals surface area (Å²) in [6.07, 6.45) is 11.7. The molecule has 0 unspecified atom stereocenters. The van der Waals surface area contributed by atoms with Crippen molar-refractivity contribution in [2.45, 2.75) is 68.1 Å². The molecule has 1 saturated heterocycles. The average molecular weight is 505 g/mol. The zero-order chi connectivity index (χ0) is 24.8. The molecule has 6 rings (SSSR count). The van der Waals surface area contributed by atoms with Crippen LogP contribution in [0, 0.1) is 0 Å². The van der Waals surface area contributed by atoms with Crippen LogP contribution in [0.2, 0.25) is 0 Å². The first-order chi connectivity index (χ1) is 17.3. The van der Waals surface area contributed by atoms with E-state index in [0.717, 1.165) is 50.1 Å². The van der Waals surface area contributed by atoms with E-state index in [4.69, 9.17) is 4.74 Å². The number of nitrogens with zero attached hydrogens (tertiary/aromatic N) is 4. The van der Waals surface area contributed by atoms with E-state index in [-0.39, 0.29) is 17.1 Å². The number of hydrogen-bond acceptors (Lipinski definition) is 7. The third kappa shape index (κ3) is 4.89. The number of fused-ring (bicyclic) bond motifs is 1. The Labute approximate surface area is 212 Å². The molecule has 1 aliphatic carbocycles. The van der Waals surface area contributed by atoms with E-state index in [2.05, 4.69) is 38.9 Å². The average Bonchev–Trinajstić information content (AvgIpc) is 3.63. The molecule has 0 radical (unpaired) electrons. The van der Waals surface area contributed by atoms with Crippen molar-refractivity contribution in [1.82, 2.24) is 19.9 Å². The number of hydrogen-bond donors (Lipinski definition) is 0. The minimum Gasteiger partial charge on any atom is -0.487 e. The predicted octanol–water partition coefficient (Wildman–Crippen LogP) is 4.37. The van der Waals surface area contributed by atoms with Crippen molar-refractivity contribution in [2.75, 3.05) is 13.1 Å². The first-order valence-corrected chi connectivity index (χ1v) is 14.6. The third-order valence-corrected chi connectivity index (χ3v) is 9.60. The molecule has 0 atom stereocenters. The van der Waals surface area contributed by atoms with Crippen molar-refractivity contribution >= 4 is 9.84 Å². The van der Waals surface area contributed by atoms with Crippen molar-refractivity contribution in [1.29, 1.82) is 0 Å². The molecule has 0 bridgehead atoms. The lowest BCUT2D eigenvalue weighted by molar-refractivity contribution is -0.0261. The molecule has 3 aromatic rings. The highest BCUT2D eigenvalue weighted by Gasteiger charge is 2.48. The molecule has 36 heavy (non-hydrogen) atoms. The summed E-state index contributed by atoms with van der Waals surface area (Å²) < 4.78 is 31.8. The number of likely N-dealkylation sites (tertiary alicyclic amines) is 1. The summed E-state index contributed by atoms with van der Waals surface area (Å²) in [6.45, 7) is 4.64. The Bertz CT molecular complexity index is 1350. The molecule has 2 aromatic heterocycles. The van der Waals surface area contributed by atoms with Gasteiger partial charge in [0.25, 0.3) is 0 Å². The van der Waals surface area contributed by atoms with E-state index in [9.17, 15) is 8.42 Å². The molecule has 2 aliphatic heterocycles. The molecular formula is C28H32N4O3S. The second-order valence-corrected chi connectivity index (χ2v) is 12.9. The van der Waals surface area contributed by atoms with Gasteiger partial charge in [-0.25, -0.2) is 18.4 Å². The quantitative estimate of drug-likeness (QED) is 0.493. The topological polar surface area (TPSA) is 85.3 Å². The van der Waals surface area contributed by atoms with E-state index >= 15 is 0 Å². The van der Waals surface area contributed by atoms with Gasteiger partial charge in [-0.15, -0.1) is 0 Å². The minimum absolute atomic E-state index is 0.0326. The van der Waals surface area contributed by atoms with Crippen LogP contribution >= 0.6 is 0 Å². The maximum atomic E-state index is 12.6. The number of sulfone groups is 1. The van der Waals surface area contributed by atoms with Crippen molar-refractivity contribution < 1.29 is 13.2 Å². The van der Waals surface area contributed by atoms with Crippen LogP contribution in [0.15, 0.2) is 55.0 Å². The van der Waals surface area contributed by atoms with Crippen LogP contribution in [0.3, 0.4) is 0 Å². The molecule has 0 amide bonds. The number of ether oxygens (including phenoxy) is 1. The van der Waals surface area contributed by atoms with Crippen molar-refractivity contribution in [3.8, 4) is 17.1 Å². The summed E-state index contributed by atoms with van der Waals surface area (Å²) in [6, 6.07) is 11.5. The van der Waals surface area contributed by atoms with Crippen molar-refractivity contribution in [3.63, 3.8) is 0 Å². The Hall–Kier alpha value is -2.84. The molecule has 0 N–H and O–H groups in total. The van der Waals surface area contributed by atoms with Gasteiger partial charge < -0.3 is 4.74 Å². The van der Waals surface area contributed by atoms with E-state index in [1.165, 1.54) is 18.4 Å². The highest BCUT2D eigenvalue weighted by Crippen LogP contribution is 2.46. The number of pyridine rings is 1. The lowest BCUT2D eigenvalue weighted by Crippen LogP contribution is -2.52. The number of rotatable bonds is 6. The maximum absolute atomic E-state index is 12.6. The molecule has 8 heteroatoms. The normalized spacial score (nSPS) is 20.5. The maximum Gasteiger partial charge on any atom is 0.160 e. The van der Waals surface area contributed by atoms with Crippen LogP contribution in [0.4, 0.5) is 0 Å². The number of aryl methyl sites for hydroxylation is 1. The standard InChI is InChI=1S/C28H32N4O3S/c1-27(9-10-27)32-14-11-28(12-15-32)8-7-22-16-23(5-6-25(22)35-28)26-30-17-21(18-31-26)19-36(33,34)20-24-4-2-3-13-29-24/h2-6,13,16-18H,7-12,14-15,19-20H2,1H3. The molecule has 7 nitrogen and oxygen atoms in total. The lowest BCUT2D eigenvalue weighted by Gasteiger charge is -2.46. The minimum atomic E-state index is -3.36. The zero-order valence-corrected chi connectivity index (χ0v) is 21.5. The Morgan fingerprint density at radius 1 is 0.944 bits per heavy atom. The molecule has 1 saturated carbocycles. The summed E-state index contributed by atoms with van der Waals surface area (Å²) in [7, 11) is -3.36. The van der Waals surface area contributed by atoms with Gasteiger partial charge in [0.2, 0.25) is 0 Å². The molecule has 2 fully saturated rings. The Morgan fingerprint density at radius 2 is 1.72 bits per heavy atom. The van der Waals surface area contributed by atoms with Gasteiger partial charge in [-0.3, -0.25) is 9.88 Å². The largest absolute Gasteiger partial charge is 0.487 e. The fourth-order valence-electron chi connectivity index (χ4n) is 5.56. The van der Waals surface area contributed by atoms with Crippen LogP contribution in [0.1, 0.15) is 55.8 Å². The fraction of sp³-hybridized carbons (Fsp3) is 0.464. The summed E-state index contributed by atoms with van der Waals surface area (Å²) in [5.74, 6) is 1.36. The van der Waals surface area contributed by atoms with Crippen molar-refractivity contribution in [3.05, 3.63) is 71.8 Å². The summed E-state index contributed by atoms with van der Waals surface area (Å²) in [5, 5.41) is 0. The van der Waals surface area contributed by atoms with Crippen LogP contribution in [-0.4, -0.2) is 52.5 Å². The second kappa shape index (κ2) is 8.92. The Kier molecular flexibility index (Phi) is 5.84. The van der Waals surface area contributed by atoms with Crippen LogP contribution in [0.5, 0.6) is 5.75 Å². The number of piperidine rings is 1. The molecule has 1 aromatic carbocycles. The molecule has 188 valence electrons. The van der Waals surface area contributed by atoms with Gasteiger partial charge in [-0.05, 0) is 81.3 Å².